The number of benzene rings is 1. The summed E-state index contributed by atoms with van der Waals surface area (Å²) in [6, 6.07) is 7.49. The first-order valence-corrected chi connectivity index (χ1v) is 7.28. The van der Waals surface area contributed by atoms with Gasteiger partial charge in [0.15, 0.2) is 0 Å². The van der Waals surface area contributed by atoms with E-state index in [0.717, 1.165) is 18.5 Å². The molecule has 116 valence electrons. The van der Waals surface area contributed by atoms with Gasteiger partial charge in [-0.3, -0.25) is 14.5 Å². The van der Waals surface area contributed by atoms with E-state index >= 15 is 0 Å². The summed E-state index contributed by atoms with van der Waals surface area (Å²) < 4.78 is 0. The maximum atomic E-state index is 12.3. The van der Waals surface area contributed by atoms with E-state index < -0.39 is 5.91 Å². The summed E-state index contributed by atoms with van der Waals surface area (Å²) in [6.45, 7) is 2.14. The highest BCUT2D eigenvalue weighted by atomic mass is 16.2. The van der Waals surface area contributed by atoms with Crippen LogP contribution in [-0.4, -0.2) is 36.9 Å². The van der Waals surface area contributed by atoms with Crippen LogP contribution in [0.5, 0.6) is 0 Å². The van der Waals surface area contributed by atoms with Crippen LogP contribution in [0.15, 0.2) is 24.3 Å². The Morgan fingerprint density at radius 3 is 2.33 bits per heavy atom. The van der Waals surface area contributed by atoms with Crippen molar-refractivity contribution in [2.75, 3.05) is 19.4 Å². The summed E-state index contributed by atoms with van der Waals surface area (Å²) in [4.78, 5) is 24.9. The van der Waals surface area contributed by atoms with Crippen molar-refractivity contribution in [3.8, 4) is 0 Å². The number of rotatable bonds is 8. The van der Waals surface area contributed by atoms with Gasteiger partial charge in [0.25, 0.3) is 0 Å². The third-order valence-corrected chi connectivity index (χ3v) is 3.35. The van der Waals surface area contributed by atoms with E-state index in [1.807, 2.05) is 38.4 Å². The lowest BCUT2D eigenvalue weighted by Crippen LogP contribution is -2.40. The number of likely N-dealkylation sites (N-methyl/N-ethyl adjacent to an activating group) is 1. The molecule has 0 heterocycles. The predicted molar refractivity (Wildman–Crippen MR) is 85.0 cm³/mol. The Balaban J connectivity index is 2.65. The molecule has 0 bridgehead atoms. The molecular formula is C16H25N3O2. The SMILES string of the molecule is CCCc1ccc(NC(=O)[C@@H](CCC(N)=O)N(C)C)cc1. The van der Waals surface area contributed by atoms with E-state index in [0.29, 0.717) is 6.42 Å². The van der Waals surface area contributed by atoms with Crippen LogP contribution in [-0.2, 0) is 16.0 Å². The lowest BCUT2D eigenvalue weighted by atomic mass is 10.1. The highest BCUT2D eigenvalue weighted by Gasteiger charge is 2.21. The highest BCUT2D eigenvalue weighted by Crippen LogP contribution is 2.13. The monoisotopic (exact) mass is 291 g/mol. The van der Waals surface area contributed by atoms with Crippen molar-refractivity contribution in [2.45, 2.75) is 38.6 Å². The molecule has 0 unspecified atom stereocenters. The number of primary amides is 1. The van der Waals surface area contributed by atoms with Crippen LogP contribution in [0.4, 0.5) is 5.69 Å². The maximum Gasteiger partial charge on any atom is 0.241 e. The minimum Gasteiger partial charge on any atom is -0.370 e. The average Bonchev–Trinajstić information content (AvgIpc) is 2.40. The quantitative estimate of drug-likeness (QED) is 0.766. The van der Waals surface area contributed by atoms with Gasteiger partial charge in [0.05, 0.1) is 6.04 Å². The van der Waals surface area contributed by atoms with Crippen molar-refractivity contribution >= 4 is 17.5 Å². The fourth-order valence-electron chi connectivity index (χ4n) is 2.17. The number of carbonyl (C=O) groups is 2. The average molecular weight is 291 g/mol. The molecule has 1 rings (SSSR count). The first-order valence-electron chi connectivity index (χ1n) is 7.28. The molecule has 0 fully saturated rings. The van der Waals surface area contributed by atoms with Gasteiger partial charge in [0, 0.05) is 12.1 Å². The number of hydrogen-bond acceptors (Lipinski definition) is 3. The first kappa shape index (κ1) is 17.2. The molecule has 0 spiro atoms. The van der Waals surface area contributed by atoms with Gasteiger partial charge in [-0.05, 0) is 44.6 Å². The number of nitrogens with one attached hydrogen (secondary N) is 1. The summed E-state index contributed by atoms with van der Waals surface area (Å²) in [6.07, 6.45) is 2.75. The number of nitrogens with two attached hydrogens (primary N) is 1. The van der Waals surface area contributed by atoms with Gasteiger partial charge in [-0.15, -0.1) is 0 Å². The molecule has 0 saturated carbocycles. The van der Waals surface area contributed by atoms with Crippen LogP contribution in [0.3, 0.4) is 0 Å². The maximum absolute atomic E-state index is 12.3. The summed E-state index contributed by atoms with van der Waals surface area (Å²) in [5.74, 6) is -0.511. The number of nitrogens with zero attached hydrogens (tertiary/aromatic N) is 1. The zero-order chi connectivity index (χ0) is 15.8. The number of aryl methyl sites for hydroxylation is 1. The Hall–Kier alpha value is -1.88. The third kappa shape index (κ3) is 5.95. The molecule has 0 aliphatic carbocycles. The fourth-order valence-corrected chi connectivity index (χ4v) is 2.17. The molecule has 5 heteroatoms. The van der Waals surface area contributed by atoms with Crippen molar-refractivity contribution in [1.82, 2.24) is 4.90 Å². The zero-order valence-corrected chi connectivity index (χ0v) is 13.1. The lowest BCUT2D eigenvalue weighted by Gasteiger charge is -2.23. The largest absolute Gasteiger partial charge is 0.370 e. The molecule has 0 aliphatic rings. The Bertz CT molecular complexity index is 469. The topological polar surface area (TPSA) is 75.4 Å². The van der Waals surface area contributed by atoms with E-state index in [9.17, 15) is 9.59 Å². The van der Waals surface area contributed by atoms with E-state index in [1.165, 1.54) is 5.56 Å². The molecule has 21 heavy (non-hydrogen) atoms. The van der Waals surface area contributed by atoms with Gasteiger partial charge in [-0.2, -0.15) is 0 Å². The van der Waals surface area contributed by atoms with Crippen LogP contribution in [0.2, 0.25) is 0 Å². The molecule has 3 N–H and O–H groups in total. The number of carbonyl (C=O) groups excluding carboxylic acids is 2. The first-order chi connectivity index (χ1) is 9.93. The van der Waals surface area contributed by atoms with Crippen LogP contribution in [0.1, 0.15) is 31.7 Å². The second-order valence-corrected chi connectivity index (χ2v) is 5.42. The number of amides is 2. The molecular weight excluding hydrogens is 266 g/mol. The van der Waals surface area contributed by atoms with Crippen molar-refractivity contribution < 1.29 is 9.59 Å². The molecule has 0 radical (unpaired) electrons. The van der Waals surface area contributed by atoms with Gasteiger partial charge >= 0.3 is 0 Å². The van der Waals surface area contributed by atoms with Gasteiger partial charge < -0.3 is 11.1 Å². The molecule has 0 aliphatic heterocycles. The van der Waals surface area contributed by atoms with Crippen LogP contribution in [0, 0.1) is 0 Å². The Morgan fingerprint density at radius 2 is 1.86 bits per heavy atom. The molecule has 1 aromatic rings. The number of anilines is 1. The Labute approximate surface area is 126 Å². The van der Waals surface area contributed by atoms with Crippen molar-refractivity contribution in [3.05, 3.63) is 29.8 Å². The second kappa shape index (κ2) is 8.42. The Kier molecular flexibility index (Phi) is 6.88. The van der Waals surface area contributed by atoms with Gasteiger partial charge in [0.2, 0.25) is 11.8 Å². The van der Waals surface area contributed by atoms with Crippen molar-refractivity contribution in [2.24, 2.45) is 5.73 Å². The molecule has 1 atom stereocenters. The van der Waals surface area contributed by atoms with Gasteiger partial charge in [-0.1, -0.05) is 25.5 Å². The summed E-state index contributed by atoms with van der Waals surface area (Å²) in [5.41, 5.74) is 7.18. The molecule has 1 aromatic carbocycles. The van der Waals surface area contributed by atoms with Crippen LogP contribution >= 0.6 is 0 Å². The van der Waals surface area contributed by atoms with E-state index in [2.05, 4.69) is 12.2 Å². The lowest BCUT2D eigenvalue weighted by molar-refractivity contribution is -0.121. The standard InChI is InChI=1S/C16H25N3O2/c1-4-5-12-6-8-13(9-7-12)18-16(21)14(19(2)3)10-11-15(17)20/h6-9,14H,4-5,10-11H2,1-3H3,(H2,17,20)(H,18,21)/t14-/m1/s1. The predicted octanol–water partition coefficient (Wildman–Crippen LogP) is 1.77. The second-order valence-electron chi connectivity index (χ2n) is 5.42. The normalized spacial score (nSPS) is 12.2. The van der Waals surface area contributed by atoms with E-state index in [1.54, 1.807) is 4.90 Å². The van der Waals surface area contributed by atoms with E-state index in [-0.39, 0.29) is 18.4 Å². The molecule has 2 amide bonds. The van der Waals surface area contributed by atoms with Gasteiger partial charge in [0.1, 0.15) is 0 Å². The summed E-state index contributed by atoms with van der Waals surface area (Å²) in [5, 5.41) is 2.88. The Morgan fingerprint density at radius 1 is 1.24 bits per heavy atom. The van der Waals surface area contributed by atoms with Crippen molar-refractivity contribution in [1.29, 1.82) is 0 Å². The molecule has 0 aromatic heterocycles. The third-order valence-electron chi connectivity index (χ3n) is 3.35. The van der Waals surface area contributed by atoms with Gasteiger partial charge in [-0.25, -0.2) is 0 Å². The minimum absolute atomic E-state index is 0.121. The van der Waals surface area contributed by atoms with Crippen LogP contribution in [0.25, 0.3) is 0 Å². The molecule has 5 nitrogen and oxygen atoms in total. The zero-order valence-electron chi connectivity index (χ0n) is 13.1. The van der Waals surface area contributed by atoms with Crippen molar-refractivity contribution in [3.63, 3.8) is 0 Å². The summed E-state index contributed by atoms with van der Waals surface area (Å²) in [7, 11) is 3.63. The fraction of sp³-hybridized carbons (Fsp3) is 0.500. The minimum atomic E-state index is -0.390. The van der Waals surface area contributed by atoms with Crippen LogP contribution < -0.4 is 11.1 Å². The number of hydrogen-bond donors (Lipinski definition) is 2. The molecule has 0 saturated heterocycles. The highest BCUT2D eigenvalue weighted by molar-refractivity contribution is 5.95. The smallest absolute Gasteiger partial charge is 0.241 e. The summed E-state index contributed by atoms with van der Waals surface area (Å²) >= 11 is 0. The van der Waals surface area contributed by atoms with E-state index in [4.69, 9.17) is 5.73 Å².